The average molecular weight is 247 g/mol. The van der Waals surface area contributed by atoms with Gasteiger partial charge < -0.3 is 4.74 Å². The Morgan fingerprint density at radius 3 is 2.87 bits per heavy atom. The number of hydrogen-bond donors (Lipinski definition) is 0. The third-order valence-corrected chi connectivity index (χ3v) is 3.21. The van der Waals surface area contributed by atoms with Crippen molar-refractivity contribution in [1.82, 2.24) is 9.38 Å². The van der Waals surface area contributed by atoms with E-state index in [-0.39, 0.29) is 5.03 Å². The minimum Gasteiger partial charge on any atom is -0.497 e. The van der Waals surface area contributed by atoms with Gasteiger partial charge in [-0.25, -0.2) is 13.4 Å². The van der Waals surface area contributed by atoms with E-state index >= 15 is 0 Å². The number of rotatable bonds is 2. The van der Waals surface area contributed by atoms with Crippen LogP contribution in [-0.4, -0.2) is 24.9 Å². The van der Waals surface area contributed by atoms with Crippen molar-refractivity contribution in [3.8, 4) is 5.75 Å². The largest absolute Gasteiger partial charge is 0.497 e. The highest BCUT2D eigenvalue weighted by Gasteiger charge is 2.16. The number of nitrogens with zero attached hydrogens (tertiary/aromatic N) is 2. The van der Waals surface area contributed by atoms with Crippen molar-refractivity contribution in [2.24, 2.45) is 0 Å². The number of halogens is 1. The molecule has 0 fully saturated rings. The lowest BCUT2D eigenvalue weighted by Crippen LogP contribution is -1.96. The van der Waals surface area contributed by atoms with Crippen molar-refractivity contribution in [3.63, 3.8) is 0 Å². The van der Waals surface area contributed by atoms with Crippen molar-refractivity contribution in [1.29, 1.82) is 0 Å². The van der Waals surface area contributed by atoms with Gasteiger partial charge in [0, 0.05) is 22.9 Å². The van der Waals surface area contributed by atoms with Gasteiger partial charge in [0.15, 0.2) is 5.03 Å². The Balaban J connectivity index is 2.73. The highest BCUT2D eigenvalue weighted by atomic mass is 35.7. The van der Waals surface area contributed by atoms with Gasteiger partial charge in [-0.15, -0.1) is 0 Å². The van der Waals surface area contributed by atoms with E-state index < -0.39 is 9.05 Å². The fourth-order valence-corrected chi connectivity index (χ4v) is 2.16. The normalized spacial score (nSPS) is 11.9. The second-order valence-corrected chi connectivity index (χ2v) is 5.34. The van der Waals surface area contributed by atoms with Crippen LogP contribution in [0.3, 0.4) is 0 Å². The summed E-state index contributed by atoms with van der Waals surface area (Å²) in [5.74, 6) is 0.603. The number of fused-ring (bicyclic) bond motifs is 1. The van der Waals surface area contributed by atoms with Gasteiger partial charge in [0.1, 0.15) is 11.4 Å². The van der Waals surface area contributed by atoms with E-state index in [4.69, 9.17) is 15.4 Å². The Morgan fingerprint density at radius 2 is 2.27 bits per heavy atom. The van der Waals surface area contributed by atoms with Gasteiger partial charge in [-0.2, -0.15) is 0 Å². The second-order valence-electron chi connectivity index (χ2n) is 2.83. The maximum Gasteiger partial charge on any atom is 0.278 e. The van der Waals surface area contributed by atoms with E-state index in [2.05, 4.69) is 4.98 Å². The topological polar surface area (TPSA) is 60.7 Å². The summed E-state index contributed by atoms with van der Waals surface area (Å²) in [6, 6.07) is 3.24. The third kappa shape index (κ3) is 1.78. The lowest BCUT2D eigenvalue weighted by molar-refractivity contribution is 0.414. The van der Waals surface area contributed by atoms with Crippen molar-refractivity contribution in [2.45, 2.75) is 5.03 Å². The van der Waals surface area contributed by atoms with Crippen molar-refractivity contribution in [2.75, 3.05) is 7.11 Å². The molecule has 2 aromatic rings. The summed E-state index contributed by atoms with van der Waals surface area (Å²) in [6.45, 7) is 0. The summed E-state index contributed by atoms with van der Waals surface area (Å²) in [5.41, 5.74) is 0.466. The minimum atomic E-state index is -3.77. The molecule has 0 aromatic carbocycles. The standard InChI is InChI=1S/C8H7ClN2O3S/c1-14-6-2-3-11-7(4-6)10-5-8(11)15(9,12)13/h2-5H,1H3. The molecule has 0 bridgehead atoms. The van der Waals surface area contributed by atoms with E-state index in [1.807, 2.05) is 0 Å². The summed E-state index contributed by atoms with van der Waals surface area (Å²) in [6.07, 6.45) is 2.74. The Hall–Kier alpha value is -1.27. The molecule has 5 nitrogen and oxygen atoms in total. The molecular weight excluding hydrogens is 240 g/mol. The van der Waals surface area contributed by atoms with Crippen LogP contribution in [0.5, 0.6) is 5.75 Å². The molecule has 2 heterocycles. The highest BCUT2D eigenvalue weighted by molar-refractivity contribution is 8.13. The van der Waals surface area contributed by atoms with Gasteiger partial charge in [-0.3, -0.25) is 4.40 Å². The van der Waals surface area contributed by atoms with Gasteiger partial charge in [0.05, 0.1) is 13.3 Å². The predicted octanol–water partition coefficient (Wildman–Crippen LogP) is 1.27. The van der Waals surface area contributed by atoms with E-state index in [0.29, 0.717) is 11.4 Å². The van der Waals surface area contributed by atoms with E-state index in [0.717, 1.165) is 0 Å². The van der Waals surface area contributed by atoms with Crippen LogP contribution >= 0.6 is 10.7 Å². The molecule has 2 rings (SSSR count). The molecule has 15 heavy (non-hydrogen) atoms. The number of ether oxygens (including phenoxy) is 1. The van der Waals surface area contributed by atoms with Crippen LogP contribution in [0.15, 0.2) is 29.6 Å². The SMILES string of the molecule is COc1ccn2c(S(=O)(=O)Cl)cnc2c1. The molecule has 7 heteroatoms. The van der Waals surface area contributed by atoms with Gasteiger partial charge in [0.2, 0.25) is 0 Å². The van der Waals surface area contributed by atoms with Gasteiger partial charge >= 0.3 is 0 Å². The Labute approximate surface area is 90.7 Å². The van der Waals surface area contributed by atoms with E-state index in [1.54, 1.807) is 12.1 Å². The van der Waals surface area contributed by atoms with Gasteiger partial charge in [-0.05, 0) is 6.07 Å². The van der Waals surface area contributed by atoms with Gasteiger partial charge in [-0.1, -0.05) is 0 Å². The van der Waals surface area contributed by atoms with Crippen molar-refractivity contribution in [3.05, 3.63) is 24.5 Å². The number of pyridine rings is 1. The van der Waals surface area contributed by atoms with Crippen LogP contribution in [0.4, 0.5) is 0 Å². The third-order valence-electron chi connectivity index (χ3n) is 1.94. The molecule has 80 valence electrons. The Bertz CT molecular complexity index is 605. The Kier molecular flexibility index (Phi) is 2.32. The zero-order chi connectivity index (χ0) is 11.1. The molecule has 0 radical (unpaired) electrons. The summed E-state index contributed by atoms with van der Waals surface area (Å²) in [7, 11) is 2.98. The van der Waals surface area contributed by atoms with Crippen LogP contribution in [0, 0.1) is 0 Å². The number of hydrogen-bond acceptors (Lipinski definition) is 4. The van der Waals surface area contributed by atoms with E-state index in [1.165, 1.54) is 23.9 Å². The molecule has 0 unspecified atom stereocenters. The quantitative estimate of drug-likeness (QED) is 0.749. The fourth-order valence-electron chi connectivity index (χ4n) is 1.25. The molecular formula is C8H7ClN2O3S. The number of aromatic nitrogens is 2. The number of imidazole rings is 1. The lowest BCUT2D eigenvalue weighted by Gasteiger charge is -2.00. The molecule has 0 saturated heterocycles. The summed E-state index contributed by atoms with van der Waals surface area (Å²) in [5, 5.41) is -0.0539. The molecule has 0 aliphatic carbocycles. The summed E-state index contributed by atoms with van der Waals surface area (Å²) in [4.78, 5) is 3.91. The van der Waals surface area contributed by atoms with Crippen LogP contribution in [0.2, 0.25) is 0 Å². The van der Waals surface area contributed by atoms with Crippen LogP contribution in [0.1, 0.15) is 0 Å². The van der Waals surface area contributed by atoms with Crippen LogP contribution in [-0.2, 0) is 9.05 Å². The first-order valence-corrected chi connectivity index (χ1v) is 6.29. The second kappa shape index (κ2) is 3.39. The molecule has 0 atom stereocenters. The maximum absolute atomic E-state index is 11.1. The van der Waals surface area contributed by atoms with Crippen molar-refractivity contribution < 1.29 is 13.2 Å². The first kappa shape index (κ1) is 10.3. The monoisotopic (exact) mass is 246 g/mol. The maximum atomic E-state index is 11.1. The molecule has 0 amide bonds. The summed E-state index contributed by atoms with van der Waals surface area (Å²) < 4.78 is 28.6. The molecule has 0 saturated carbocycles. The molecule has 0 spiro atoms. The predicted molar refractivity (Wildman–Crippen MR) is 54.8 cm³/mol. The molecule has 0 aliphatic heterocycles. The molecule has 2 aromatic heterocycles. The first-order valence-electron chi connectivity index (χ1n) is 3.98. The number of methoxy groups -OCH3 is 1. The van der Waals surface area contributed by atoms with Gasteiger partial charge in [0.25, 0.3) is 9.05 Å². The Morgan fingerprint density at radius 1 is 1.53 bits per heavy atom. The average Bonchev–Trinajstić information content (AvgIpc) is 2.59. The minimum absolute atomic E-state index is 0.0539. The summed E-state index contributed by atoms with van der Waals surface area (Å²) >= 11 is 0. The molecule has 0 aliphatic rings. The van der Waals surface area contributed by atoms with Crippen LogP contribution < -0.4 is 4.74 Å². The molecule has 0 N–H and O–H groups in total. The zero-order valence-electron chi connectivity index (χ0n) is 7.71. The van der Waals surface area contributed by atoms with Crippen molar-refractivity contribution >= 4 is 25.4 Å². The van der Waals surface area contributed by atoms with E-state index in [9.17, 15) is 8.42 Å². The lowest BCUT2D eigenvalue weighted by atomic mass is 10.4. The zero-order valence-corrected chi connectivity index (χ0v) is 9.29. The van der Waals surface area contributed by atoms with Crippen LogP contribution in [0.25, 0.3) is 5.65 Å². The first-order chi connectivity index (χ1) is 7.02. The highest BCUT2D eigenvalue weighted by Crippen LogP contribution is 2.19. The smallest absolute Gasteiger partial charge is 0.278 e. The fraction of sp³-hybridized carbons (Fsp3) is 0.125.